The number of hydrogen-bond acceptors (Lipinski definition) is 3. The van der Waals surface area contributed by atoms with E-state index >= 15 is 0 Å². The number of likely N-dealkylation sites (N-methyl/N-ethyl adjacent to an activating group) is 2. The lowest BCUT2D eigenvalue weighted by molar-refractivity contribution is 0.166. The zero-order valence-electron chi connectivity index (χ0n) is 12.5. The van der Waals surface area contributed by atoms with Crippen molar-refractivity contribution in [2.45, 2.75) is 51.6 Å². The monoisotopic (exact) mass is 253 g/mol. The van der Waals surface area contributed by atoms with Gasteiger partial charge in [0.25, 0.3) is 0 Å². The van der Waals surface area contributed by atoms with Crippen LogP contribution in [-0.4, -0.2) is 61.7 Å². The molecule has 0 radical (unpaired) electrons. The first-order chi connectivity index (χ1) is 8.70. The Morgan fingerprint density at radius 2 is 2.06 bits per heavy atom. The van der Waals surface area contributed by atoms with Gasteiger partial charge in [0.1, 0.15) is 0 Å². The molecule has 3 atom stereocenters. The van der Waals surface area contributed by atoms with Crippen LogP contribution in [0.3, 0.4) is 0 Å². The Hall–Kier alpha value is -0.120. The normalized spacial score (nSPS) is 34.3. The van der Waals surface area contributed by atoms with Gasteiger partial charge in [0, 0.05) is 25.2 Å². The first-order valence-corrected chi connectivity index (χ1v) is 7.86. The lowest BCUT2D eigenvalue weighted by atomic mass is 9.92. The molecule has 0 spiro atoms. The van der Waals surface area contributed by atoms with Crippen LogP contribution in [0.1, 0.15) is 39.5 Å². The molecular weight excluding hydrogens is 222 g/mol. The molecule has 0 aliphatic carbocycles. The molecule has 0 aromatic heterocycles. The third kappa shape index (κ3) is 3.69. The van der Waals surface area contributed by atoms with Gasteiger partial charge in [0.15, 0.2) is 0 Å². The average molecular weight is 253 g/mol. The van der Waals surface area contributed by atoms with Crippen LogP contribution in [0.15, 0.2) is 0 Å². The summed E-state index contributed by atoms with van der Waals surface area (Å²) in [6.45, 7) is 10.9. The number of rotatable bonds is 5. The molecule has 0 amide bonds. The smallest absolute Gasteiger partial charge is 0.0223 e. The number of likely N-dealkylation sites (tertiary alicyclic amines) is 1. The molecule has 0 aromatic carbocycles. The molecule has 2 heterocycles. The third-order valence-corrected chi connectivity index (χ3v) is 4.87. The fraction of sp³-hybridized carbons (Fsp3) is 1.00. The number of nitrogens with zero attached hydrogens (tertiary/aromatic N) is 2. The van der Waals surface area contributed by atoms with Gasteiger partial charge in [-0.25, -0.2) is 0 Å². The van der Waals surface area contributed by atoms with E-state index in [1.807, 2.05) is 0 Å². The van der Waals surface area contributed by atoms with E-state index in [1.165, 1.54) is 58.4 Å². The van der Waals surface area contributed by atoms with Crippen LogP contribution in [-0.2, 0) is 0 Å². The summed E-state index contributed by atoms with van der Waals surface area (Å²) >= 11 is 0. The first kappa shape index (κ1) is 14.3. The van der Waals surface area contributed by atoms with Gasteiger partial charge in [-0.05, 0) is 58.3 Å². The Bertz CT molecular complexity index is 240. The summed E-state index contributed by atoms with van der Waals surface area (Å²) in [4.78, 5) is 5.20. The van der Waals surface area contributed by atoms with Gasteiger partial charge in [-0.15, -0.1) is 0 Å². The molecule has 2 aliphatic heterocycles. The zero-order chi connectivity index (χ0) is 13.0. The fourth-order valence-electron chi connectivity index (χ4n) is 3.65. The third-order valence-electron chi connectivity index (χ3n) is 4.87. The van der Waals surface area contributed by atoms with Gasteiger partial charge in [-0.3, -0.25) is 4.90 Å². The minimum absolute atomic E-state index is 0.709. The summed E-state index contributed by atoms with van der Waals surface area (Å²) < 4.78 is 0. The van der Waals surface area contributed by atoms with Crippen LogP contribution in [0.2, 0.25) is 0 Å². The Morgan fingerprint density at radius 1 is 1.22 bits per heavy atom. The van der Waals surface area contributed by atoms with Gasteiger partial charge in [-0.2, -0.15) is 0 Å². The molecule has 3 heteroatoms. The van der Waals surface area contributed by atoms with Crippen molar-refractivity contribution in [3.63, 3.8) is 0 Å². The summed E-state index contributed by atoms with van der Waals surface area (Å²) in [5.41, 5.74) is 0. The van der Waals surface area contributed by atoms with Crippen molar-refractivity contribution in [1.82, 2.24) is 15.1 Å². The Labute approximate surface area is 113 Å². The number of hydrogen-bond donors (Lipinski definition) is 1. The molecule has 0 bridgehead atoms. The Kier molecular flexibility index (Phi) is 5.46. The number of nitrogens with one attached hydrogen (secondary N) is 1. The lowest BCUT2D eigenvalue weighted by Gasteiger charge is -2.35. The minimum atomic E-state index is 0.709. The van der Waals surface area contributed by atoms with Gasteiger partial charge in [0.2, 0.25) is 0 Å². The van der Waals surface area contributed by atoms with Crippen LogP contribution in [0.5, 0.6) is 0 Å². The van der Waals surface area contributed by atoms with Gasteiger partial charge < -0.3 is 10.2 Å². The maximum Gasteiger partial charge on any atom is 0.0223 e. The molecule has 3 unspecified atom stereocenters. The van der Waals surface area contributed by atoms with Crippen LogP contribution in [0, 0.1) is 5.92 Å². The van der Waals surface area contributed by atoms with E-state index in [9.17, 15) is 0 Å². The molecule has 2 aliphatic rings. The lowest BCUT2D eigenvalue weighted by Crippen LogP contribution is -2.49. The SMILES string of the molecule is CCN1CCCC1CN(C)CC1NCCCC1C. The summed E-state index contributed by atoms with van der Waals surface area (Å²) in [6.07, 6.45) is 5.54. The van der Waals surface area contributed by atoms with Crippen molar-refractivity contribution in [3.8, 4) is 0 Å². The van der Waals surface area contributed by atoms with Crippen molar-refractivity contribution in [3.05, 3.63) is 0 Å². The highest BCUT2D eigenvalue weighted by atomic mass is 15.2. The second-order valence-corrected chi connectivity index (χ2v) is 6.33. The van der Waals surface area contributed by atoms with Crippen molar-refractivity contribution in [2.75, 3.05) is 39.8 Å². The maximum atomic E-state index is 3.69. The average Bonchev–Trinajstić information content (AvgIpc) is 2.79. The maximum absolute atomic E-state index is 3.69. The van der Waals surface area contributed by atoms with Crippen LogP contribution >= 0.6 is 0 Å². The molecule has 0 aromatic rings. The fourth-order valence-corrected chi connectivity index (χ4v) is 3.65. The predicted octanol–water partition coefficient (Wildman–Crippen LogP) is 1.79. The van der Waals surface area contributed by atoms with Gasteiger partial charge in [0.05, 0.1) is 0 Å². The van der Waals surface area contributed by atoms with Crippen molar-refractivity contribution < 1.29 is 0 Å². The Morgan fingerprint density at radius 3 is 2.78 bits per heavy atom. The standard InChI is InChI=1S/C15H31N3/c1-4-18-10-6-8-14(18)11-17(3)12-15-13(2)7-5-9-16-15/h13-16H,4-12H2,1-3H3. The molecule has 3 nitrogen and oxygen atoms in total. The molecule has 18 heavy (non-hydrogen) atoms. The van der Waals surface area contributed by atoms with E-state index < -0.39 is 0 Å². The van der Waals surface area contributed by atoms with E-state index in [1.54, 1.807) is 0 Å². The van der Waals surface area contributed by atoms with Crippen molar-refractivity contribution in [2.24, 2.45) is 5.92 Å². The molecule has 2 rings (SSSR count). The van der Waals surface area contributed by atoms with E-state index in [-0.39, 0.29) is 0 Å². The molecule has 2 saturated heterocycles. The summed E-state index contributed by atoms with van der Waals surface area (Å²) in [5, 5.41) is 3.69. The van der Waals surface area contributed by atoms with E-state index in [0.29, 0.717) is 6.04 Å². The summed E-state index contributed by atoms with van der Waals surface area (Å²) in [6, 6.07) is 1.51. The second kappa shape index (κ2) is 6.88. The van der Waals surface area contributed by atoms with Crippen molar-refractivity contribution >= 4 is 0 Å². The van der Waals surface area contributed by atoms with Gasteiger partial charge >= 0.3 is 0 Å². The quantitative estimate of drug-likeness (QED) is 0.806. The molecule has 106 valence electrons. The summed E-state index contributed by atoms with van der Waals surface area (Å²) in [5.74, 6) is 0.840. The van der Waals surface area contributed by atoms with Crippen LogP contribution in [0.4, 0.5) is 0 Å². The largest absolute Gasteiger partial charge is 0.312 e. The highest BCUT2D eigenvalue weighted by molar-refractivity contribution is 4.84. The van der Waals surface area contributed by atoms with E-state index in [0.717, 1.165) is 12.0 Å². The zero-order valence-corrected chi connectivity index (χ0v) is 12.5. The molecule has 0 saturated carbocycles. The van der Waals surface area contributed by atoms with E-state index in [2.05, 4.69) is 36.0 Å². The molecule has 1 N–H and O–H groups in total. The minimum Gasteiger partial charge on any atom is -0.312 e. The van der Waals surface area contributed by atoms with Crippen LogP contribution < -0.4 is 5.32 Å². The van der Waals surface area contributed by atoms with Gasteiger partial charge in [-0.1, -0.05) is 13.8 Å². The Balaban J connectivity index is 1.75. The highest BCUT2D eigenvalue weighted by Crippen LogP contribution is 2.19. The molecule has 2 fully saturated rings. The van der Waals surface area contributed by atoms with Crippen molar-refractivity contribution in [1.29, 1.82) is 0 Å². The predicted molar refractivity (Wildman–Crippen MR) is 78.0 cm³/mol. The first-order valence-electron chi connectivity index (χ1n) is 7.86. The number of piperidine rings is 1. The van der Waals surface area contributed by atoms with Crippen LogP contribution in [0.25, 0.3) is 0 Å². The highest BCUT2D eigenvalue weighted by Gasteiger charge is 2.26. The van der Waals surface area contributed by atoms with E-state index in [4.69, 9.17) is 0 Å². The molecular formula is C15H31N3. The summed E-state index contributed by atoms with van der Waals surface area (Å²) in [7, 11) is 2.30. The topological polar surface area (TPSA) is 18.5 Å². The second-order valence-electron chi connectivity index (χ2n) is 6.33.